The topological polar surface area (TPSA) is 94.1 Å². The Morgan fingerprint density at radius 3 is 2.43 bits per heavy atom. The van der Waals surface area contributed by atoms with Crippen LogP contribution in [0.15, 0.2) is 42.7 Å². The standard InChI is InChI=1S/C29H40N4O4/c1-22(2)18-32(21-28(35)36)29(37)25-11-12-27-26(16-25)20-31(19-24-10-9-13-30-17-24)14-7-5-4-6-8-15-33(27)23(3)34/h9-13,16-17,22H,4-8,14-15,18-21H2,1-3H3,(H,35,36). The van der Waals surface area contributed by atoms with Crippen LogP contribution in [0.2, 0.25) is 0 Å². The number of aromatic nitrogens is 1. The van der Waals surface area contributed by atoms with Crippen LogP contribution < -0.4 is 4.90 Å². The molecule has 2 amide bonds. The molecule has 0 aliphatic carbocycles. The van der Waals surface area contributed by atoms with E-state index < -0.39 is 5.97 Å². The van der Waals surface area contributed by atoms with Gasteiger partial charge < -0.3 is 14.9 Å². The van der Waals surface area contributed by atoms with Gasteiger partial charge in [0, 0.05) is 56.7 Å². The van der Waals surface area contributed by atoms with E-state index >= 15 is 0 Å². The lowest BCUT2D eigenvalue weighted by Crippen LogP contribution is -2.38. The minimum Gasteiger partial charge on any atom is -0.480 e. The number of carbonyl (C=O) groups is 3. The second-order valence-corrected chi connectivity index (χ2v) is 10.3. The van der Waals surface area contributed by atoms with Crippen molar-refractivity contribution in [3.8, 4) is 0 Å². The van der Waals surface area contributed by atoms with Gasteiger partial charge in [0.05, 0.1) is 0 Å². The van der Waals surface area contributed by atoms with E-state index in [2.05, 4.69) is 16.0 Å². The lowest BCUT2D eigenvalue weighted by Gasteiger charge is -2.30. The summed E-state index contributed by atoms with van der Waals surface area (Å²) in [6.45, 7) is 8.32. The Morgan fingerprint density at radius 2 is 1.78 bits per heavy atom. The molecule has 1 aromatic carbocycles. The molecule has 8 heteroatoms. The average molecular weight is 509 g/mol. The predicted octanol–water partition coefficient (Wildman–Crippen LogP) is 4.58. The minimum absolute atomic E-state index is 0.0245. The number of amides is 2. The lowest BCUT2D eigenvalue weighted by molar-refractivity contribution is -0.137. The van der Waals surface area contributed by atoms with Crippen molar-refractivity contribution < 1.29 is 19.5 Å². The first-order valence-corrected chi connectivity index (χ1v) is 13.3. The number of carbonyl (C=O) groups excluding carboxylic acids is 2. The highest BCUT2D eigenvalue weighted by molar-refractivity contribution is 5.98. The molecule has 0 spiro atoms. The highest BCUT2D eigenvalue weighted by atomic mass is 16.4. The van der Waals surface area contributed by atoms with Gasteiger partial charge >= 0.3 is 5.97 Å². The first-order valence-electron chi connectivity index (χ1n) is 13.3. The van der Waals surface area contributed by atoms with E-state index in [0.717, 1.165) is 55.5 Å². The smallest absolute Gasteiger partial charge is 0.323 e. The van der Waals surface area contributed by atoms with Crippen molar-refractivity contribution in [2.45, 2.75) is 66.0 Å². The van der Waals surface area contributed by atoms with Crippen molar-refractivity contribution in [2.24, 2.45) is 5.92 Å². The molecule has 1 aliphatic rings. The SMILES string of the molecule is CC(=O)N1CCCCCCCN(Cc2cccnc2)Cc2cc(C(=O)N(CC(=O)O)CC(C)C)ccc21. The molecular formula is C29H40N4O4. The number of hydrogen-bond acceptors (Lipinski definition) is 5. The molecule has 0 fully saturated rings. The van der Waals surface area contributed by atoms with Crippen LogP contribution in [0.4, 0.5) is 5.69 Å². The van der Waals surface area contributed by atoms with Crippen LogP contribution in [0.5, 0.6) is 0 Å². The van der Waals surface area contributed by atoms with E-state index in [1.165, 1.54) is 4.90 Å². The van der Waals surface area contributed by atoms with Crippen molar-refractivity contribution in [3.63, 3.8) is 0 Å². The number of fused-ring (bicyclic) bond motifs is 1. The monoisotopic (exact) mass is 508 g/mol. The van der Waals surface area contributed by atoms with Crippen LogP contribution in [0.1, 0.15) is 74.4 Å². The third-order valence-electron chi connectivity index (χ3n) is 6.58. The molecule has 0 radical (unpaired) electrons. The molecule has 2 aromatic rings. The van der Waals surface area contributed by atoms with Crippen molar-refractivity contribution in [3.05, 3.63) is 59.4 Å². The summed E-state index contributed by atoms with van der Waals surface area (Å²) in [5.41, 5.74) is 3.26. The maximum atomic E-state index is 13.4. The van der Waals surface area contributed by atoms with Crippen molar-refractivity contribution in [2.75, 3.05) is 31.1 Å². The van der Waals surface area contributed by atoms with Gasteiger partial charge in [-0.2, -0.15) is 0 Å². The molecule has 8 nitrogen and oxygen atoms in total. The first-order chi connectivity index (χ1) is 17.7. The summed E-state index contributed by atoms with van der Waals surface area (Å²) in [7, 11) is 0. The van der Waals surface area contributed by atoms with E-state index in [1.807, 2.05) is 43.1 Å². The van der Waals surface area contributed by atoms with Gasteiger partial charge in [-0.1, -0.05) is 39.2 Å². The summed E-state index contributed by atoms with van der Waals surface area (Å²) in [4.78, 5) is 47.4. The molecule has 0 saturated heterocycles. The van der Waals surface area contributed by atoms with E-state index in [9.17, 15) is 19.5 Å². The predicted molar refractivity (Wildman–Crippen MR) is 144 cm³/mol. The molecule has 200 valence electrons. The number of carboxylic acid groups (broad SMARTS) is 1. The third-order valence-corrected chi connectivity index (χ3v) is 6.58. The summed E-state index contributed by atoms with van der Waals surface area (Å²) >= 11 is 0. The van der Waals surface area contributed by atoms with Crippen molar-refractivity contribution >= 4 is 23.5 Å². The first kappa shape index (κ1) is 28.3. The fraction of sp³-hybridized carbons (Fsp3) is 0.517. The summed E-state index contributed by atoms with van der Waals surface area (Å²) < 4.78 is 0. The van der Waals surface area contributed by atoms with Gasteiger partial charge in [-0.15, -0.1) is 0 Å². The van der Waals surface area contributed by atoms with E-state index in [0.29, 0.717) is 31.7 Å². The van der Waals surface area contributed by atoms with Gasteiger partial charge in [0.25, 0.3) is 5.91 Å². The van der Waals surface area contributed by atoms with Gasteiger partial charge in [-0.3, -0.25) is 24.3 Å². The molecule has 1 aliphatic heterocycles. The Bertz CT molecular complexity index is 1060. The molecule has 0 unspecified atom stereocenters. The Labute approximate surface area is 220 Å². The Kier molecular flexibility index (Phi) is 10.6. The average Bonchev–Trinajstić information content (AvgIpc) is 2.84. The molecule has 0 atom stereocenters. The largest absolute Gasteiger partial charge is 0.480 e. The van der Waals surface area contributed by atoms with Gasteiger partial charge in [-0.25, -0.2) is 0 Å². The Hall–Kier alpha value is -3.26. The highest BCUT2D eigenvalue weighted by Crippen LogP contribution is 2.27. The van der Waals surface area contributed by atoms with E-state index in [1.54, 1.807) is 19.2 Å². The van der Waals surface area contributed by atoms with Crippen LogP contribution in [0.25, 0.3) is 0 Å². The summed E-state index contributed by atoms with van der Waals surface area (Å²) in [5, 5.41) is 9.38. The zero-order valence-electron chi connectivity index (χ0n) is 22.4. The number of rotatable bonds is 7. The number of hydrogen-bond donors (Lipinski definition) is 1. The van der Waals surface area contributed by atoms with Crippen molar-refractivity contribution in [1.82, 2.24) is 14.8 Å². The van der Waals surface area contributed by atoms with Crippen LogP contribution in [0, 0.1) is 5.92 Å². The molecule has 0 bridgehead atoms. The summed E-state index contributed by atoms with van der Waals surface area (Å²) in [6.07, 6.45) is 8.98. The number of pyridine rings is 1. The number of anilines is 1. The summed E-state index contributed by atoms with van der Waals surface area (Å²) in [5.74, 6) is -1.23. The van der Waals surface area contributed by atoms with Crippen LogP contribution in [0.3, 0.4) is 0 Å². The van der Waals surface area contributed by atoms with Crippen LogP contribution >= 0.6 is 0 Å². The fourth-order valence-corrected chi connectivity index (χ4v) is 4.90. The fourth-order valence-electron chi connectivity index (χ4n) is 4.90. The van der Waals surface area contributed by atoms with Gasteiger partial charge in [0.1, 0.15) is 6.54 Å². The van der Waals surface area contributed by atoms with Gasteiger partial charge in [0.15, 0.2) is 0 Å². The quantitative estimate of drug-likeness (QED) is 0.588. The van der Waals surface area contributed by atoms with Gasteiger partial charge in [0.2, 0.25) is 5.91 Å². The van der Waals surface area contributed by atoms with Crippen LogP contribution in [-0.2, 0) is 22.7 Å². The third kappa shape index (κ3) is 8.67. The normalized spacial score (nSPS) is 15.4. The second kappa shape index (κ2) is 13.9. The second-order valence-electron chi connectivity index (χ2n) is 10.3. The number of aliphatic carboxylic acids is 1. The maximum absolute atomic E-state index is 13.4. The zero-order chi connectivity index (χ0) is 26.8. The van der Waals surface area contributed by atoms with E-state index in [4.69, 9.17) is 0 Å². The molecule has 1 N–H and O–H groups in total. The highest BCUT2D eigenvalue weighted by Gasteiger charge is 2.23. The van der Waals surface area contributed by atoms with Gasteiger partial charge in [-0.05, 0) is 60.7 Å². The number of benzene rings is 1. The minimum atomic E-state index is -1.04. The van der Waals surface area contributed by atoms with Crippen molar-refractivity contribution in [1.29, 1.82) is 0 Å². The van der Waals surface area contributed by atoms with E-state index in [-0.39, 0.29) is 24.3 Å². The maximum Gasteiger partial charge on any atom is 0.323 e. The molecular weight excluding hydrogens is 468 g/mol. The molecule has 1 aromatic heterocycles. The zero-order valence-corrected chi connectivity index (χ0v) is 22.4. The van der Waals surface area contributed by atoms with Crippen LogP contribution in [-0.4, -0.2) is 63.9 Å². The molecule has 3 rings (SSSR count). The molecule has 37 heavy (non-hydrogen) atoms. The number of carboxylic acids is 1. The molecule has 2 heterocycles. The Balaban J connectivity index is 2.01. The molecule has 0 saturated carbocycles. The summed E-state index contributed by atoms with van der Waals surface area (Å²) in [6, 6.07) is 9.42. The Morgan fingerprint density at radius 1 is 1.05 bits per heavy atom. The lowest BCUT2D eigenvalue weighted by atomic mass is 10.0. The number of nitrogens with zero attached hydrogens (tertiary/aromatic N) is 4.